The highest BCUT2D eigenvalue weighted by Gasteiger charge is 2.15. The largest absolute Gasteiger partial charge is 0.309 e. The molecule has 0 fully saturated rings. The third-order valence-electron chi connectivity index (χ3n) is 7.12. The summed E-state index contributed by atoms with van der Waals surface area (Å²) in [6.45, 7) is 0. The molecule has 5 aromatic carbocycles. The van der Waals surface area contributed by atoms with Crippen molar-refractivity contribution >= 4 is 21.8 Å². The van der Waals surface area contributed by atoms with Crippen LogP contribution in [0.5, 0.6) is 0 Å². The van der Waals surface area contributed by atoms with Gasteiger partial charge in [0.2, 0.25) is 0 Å². The quantitative estimate of drug-likeness (QED) is 0.250. The number of fused-ring (bicyclic) bond motifs is 3. The molecule has 37 heavy (non-hydrogen) atoms. The van der Waals surface area contributed by atoms with Crippen LogP contribution in [0, 0.1) is 0 Å². The Hall–Kier alpha value is -4.95. The van der Waals surface area contributed by atoms with Crippen molar-refractivity contribution in [2.45, 2.75) is 0 Å². The highest BCUT2D eigenvalue weighted by Crippen LogP contribution is 2.37. The van der Waals surface area contributed by atoms with E-state index in [-0.39, 0.29) is 0 Å². The van der Waals surface area contributed by atoms with Crippen LogP contribution in [-0.4, -0.2) is 9.55 Å². The van der Waals surface area contributed by atoms with E-state index in [1.54, 1.807) is 0 Å². The maximum Gasteiger partial charge on any atom is 0.0541 e. The molecule has 0 atom stereocenters. The highest BCUT2D eigenvalue weighted by molar-refractivity contribution is 6.11. The van der Waals surface area contributed by atoms with Crippen LogP contribution in [-0.2, 0) is 0 Å². The molecule has 7 aromatic rings. The SMILES string of the molecule is c1ccc(-c2ccc3c(c2)c2cc(-c4ccccc4)ccc2n3-c2ccc(-c3ccncc3)cc2)cc1. The molecule has 0 N–H and O–H groups in total. The van der Waals surface area contributed by atoms with Crippen LogP contribution in [0.4, 0.5) is 0 Å². The number of hydrogen-bond acceptors (Lipinski definition) is 1. The monoisotopic (exact) mass is 472 g/mol. The topological polar surface area (TPSA) is 17.8 Å². The molecule has 0 aliphatic rings. The molecule has 2 heterocycles. The lowest BCUT2D eigenvalue weighted by Crippen LogP contribution is -1.94. The molecule has 0 amide bonds. The smallest absolute Gasteiger partial charge is 0.0541 e. The summed E-state index contributed by atoms with van der Waals surface area (Å²) < 4.78 is 2.38. The molecule has 0 bridgehead atoms. The van der Waals surface area contributed by atoms with Gasteiger partial charge in [-0.15, -0.1) is 0 Å². The van der Waals surface area contributed by atoms with Crippen LogP contribution in [0.15, 0.2) is 146 Å². The molecule has 0 radical (unpaired) electrons. The maximum atomic E-state index is 4.15. The van der Waals surface area contributed by atoms with Crippen LogP contribution in [0.3, 0.4) is 0 Å². The van der Waals surface area contributed by atoms with Crippen LogP contribution < -0.4 is 0 Å². The summed E-state index contributed by atoms with van der Waals surface area (Å²) in [5.41, 5.74) is 10.8. The second kappa shape index (κ2) is 8.92. The van der Waals surface area contributed by atoms with Crippen LogP contribution in [0.1, 0.15) is 0 Å². The van der Waals surface area contributed by atoms with Gasteiger partial charge in [0, 0.05) is 28.9 Å². The van der Waals surface area contributed by atoms with Crippen molar-refractivity contribution in [3.63, 3.8) is 0 Å². The molecule has 0 unspecified atom stereocenters. The van der Waals surface area contributed by atoms with Crippen molar-refractivity contribution in [3.05, 3.63) is 146 Å². The zero-order valence-corrected chi connectivity index (χ0v) is 20.3. The number of nitrogens with zero attached hydrogens (tertiary/aromatic N) is 2. The first-order chi connectivity index (χ1) is 18.3. The second-order valence-electron chi connectivity index (χ2n) is 9.31. The standard InChI is InChI=1S/C35H24N2/c1-3-7-25(8-4-1)29-13-17-34-32(23-29)33-24-30(26-9-5-2-6-10-26)14-18-35(33)37(34)31-15-11-27(12-16-31)28-19-21-36-22-20-28/h1-24H. The molecule has 174 valence electrons. The van der Waals surface area contributed by atoms with E-state index < -0.39 is 0 Å². The number of hydrogen-bond donors (Lipinski definition) is 0. The van der Waals surface area contributed by atoms with E-state index in [9.17, 15) is 0 Å². The average Bonchev–Trinajstić information content (AvgIpc) is 3.31. The van der Waals surface area contributed by atoms with Gasteiger partial charge in [-0.3, -0.25) is 4.98 Å². The molecule has 0 saturated carbocycles. The van der Waals surface area contributed by atoms with Gasteiger partial charge in [0.25, 0.3) is 0 Å². The maximum absolute atomic E-state index is 4.15. The van der Waals surface area contributed by atoms with Crippen molar-refractivity contribution in [1.82, 2.24) is 9.55 Å². The van der Waals surface area contributed by atoms with Gasteiger partial charge in [0.1, 0.15) is 0 Å². The Morgan fingerprint density at radius 3 is 1.32 bits per heavy atom. The predicted octanol–water partition coefficient (Wildman–Crippen LogP) is 9.18. The summed E-state index contributed by atoms with van der Waals surface area (Å²) in [5, 5.41) is 2.51. The van der Waals surface area contributed by atoms with Crippen molar-refractivity contribution in [2.24, 2.45) is 0 Å². The van der Waals surface area contributed by atoms with Gasteiger partial charge in [-0.1, -0.05) is 84.9 Å². The summed E-state index contributed by atoms with van der Waals surface area (Å²) in [7, 11) is 0. The fraction of sp³-hybridized carbons (Fsp3) is 0. The summed E-state index contributed by atoms with van der Waals surface area (Å²) in [6, 6.07) is 47.8. The fourth-order valence-corrected chi connectivity index (χ4v) is 5.27. The molecule has 7 rings (SSSR count). The van der Waals surface area contributed by atoms with Gasteiger partial charge in [-0.05, 0) is 81.9 Å². The van der Waals surface area contributed by atoms with E-state index in [0.717, 1.165) is 5.69 Å². The van der Waals surface area contributed by atoms with E-state index in [1.165, 1.54) is 55.2 Å². The van der Waals surface area contributed by atoms with Gasteiger partial charge in [-0.2, -0.15) is 0 Å². The van der Waals surface area contributed by atoms with Crippen molar-refractivity contribution in [1.29, 1.82) is 0 Å². The van der Waals surface area contributed by atoms with E-state index in [4.69, 9.17) is 0 Å². The van der Waals surface area contributed by atoms with E-state index in [2.05, 4.69) is 131 Å². The van der Waals surface area contributed by atoms with Gasteiger partial charge in [0.05, 0.1) is 11.0 Å². The highest BCUT2D eigenvalue weighted by atomic mass is 15.0. The van der Waals surface area contributed by atoms with Gasteiger partial charge in [0.15, 0.2) is 0 Å². The average molecular weight is 473 g/mol. The fourth-order valence-electron chi connectivity index (χ4n) is 5.27. The molecule has 0 aliphatic carbocycles. The first-order valence-corrected chi connectivity index (χ1v) is 12.6. The lowest BCUT2D eigenvalue weighted by atomic mass is 10.0. The Morgan fingerprint density at radius 2 is 0.811 bits per heavy atom. The first kappa shape index (κ1) is 21.3. The number of rotatable bonds is 4. The zero-order valence-electron chi connectivity index (χ0n) is 20.3. The molecule has 0 aliphatic heterocycles. The Morgan fingerprint density at radius 1 is 0.378 bits per heavy atom. The second-order valence-corrected chi connectivity index (χ2v) is 9.31. The first-order valence-electron chi connectivity index (χ1n) is 12.6. The minimum absolute atomic E-state index is 1.15. The normalized spacial score (nSPS) is 11.2. The Kier molecular flexibility index (Phi) is 5.15. The minimum Gasteiger partial charge on any atom is -0.309 e. The van der Waals surface area contributed by atoms with E-state index >= 15 is 0 Å². The lowest BCUT2D eigenvalue weighted by Gasteiger charge is -2.10. The lowest BCUT2D eigenvalue weighted by molar-refractivity contribution is 1.18. The van der Waals surface area contributed by atoms with Crippen molar-refractivity contribution in [2.75, 3.05) is 0 Å². The van der Waals surface area contributed by atoms with E-state index in [1.807, 2.05) is 24.5 Å². The van der Waals surface area contributed by atoms with Crippen LogP contribution in [0.2, 0.25) is 0 Å². The third kappa shape index (κ3) is 3.80. The van der Waals surface area contributed by atoms with Crippen LogP contribution in [0.25, 0.3) is 60.9 Å². The predicted molar refractivity (Wildman–Crippen MR) is 155 cm³/mol. The van der Waals surface area contributed by atoms with E-state index in [0.29, 0.717) is 0 Å². The Labute approximate surface area is 216 Å². The number of benzene rings is 5. The third-order valence-corrected chi connectivity index (χ3v) is 7.12. The Bertz CT molecular complexity index is 1740. The van der Waals surface area contributed by atoms with Gasteiger partial charge >= 0.3 is 0 Å². The Balaban J connectivity index is 1.45. The minimum atomic E-state index is 1.15. The summed E-state index contributed by atoms with van der Waals surface area (Å²) in [4.78, 5) is 4.15. The number of aromatic nitrogens is 2. The van der Waals surface area contributed by atoms with Crippen LogP contribution >= 0.6 is 0 Å². The van der Waals surface area contributed by atoms with Gasteiger partial charge in [-0.25, -0.2) is 0 Å². The molecular formula is C35H24N2. The molecule has 0 saturated heterocycles. The molecular weight excluding hydrogens is 448 g/mol. The molecule has 0 spiro atoms. The zero-order chi connectivity index (χ0) is 24.6. The molecule has 2 nitrogen and oxygen atoms in total. The number of pyridine rings is 1. The summed E-state index contributed by atoms with van der Waals surface area (Å²) in [6.07, 6.45) is 3.68. The molecule has 2 heteroatoms. The van der Waals surface area contributed by atoms with Crippen molar-refractivity contribution in [3.8, 4) is 39.1 Å². The van der Waals surface area contributed by atoms with Crippen molar-refractivity contribution < 1.29 is 0 Å². The summed E-state index contributed by atoms with van der Waals surface area (Å²) >= 11 is 0. The molecule has 2 aromatic heterocycles. The van der Waals surface area contributed by atoms with Gasteiger partial charge < -0.3 is 4.57 Å². The summed E-state index contributed by atoms with van der Waals surface area (Å²) in [5.74, 6) is 0.